The number of thioether (sulfide) groups is 1. The fourth-order valence-electron chi connectivity index (χ4n) is 3.73. The summed E-state index contributed by atoms with van der Waals surface area (Å²) in [4.78, 5) is 0.682. The molecule has 28 heavy (non-hydrogen) atoms. The highest BCUT2D eigenvalue weighted by Gasteiger charge is 2.39. The Kier molecular flexibility index (Phi) is 4.83. The molecule has 0 aliphatic carbocycles. The largest absolute Gasteiger partial charge is 0.508 e. The molecule has 144 valence electrons. The van der Waals surface area contributed by atoms with Crippen molar-refractivity contribution in [1.29, 1.82) is 0 Å². The van der Waals surface area contributed by atoms with Gasteiger partial charge < -0.3 is 25.5 Å². The lowest BCUT2D eigenvalue weighted by Gasteiger charge is -2.37. The van der Waals surface area contributed by atoms with Gasteiger partial charge in [0, 0.05) is 22.4 Å². The van der Waals surface area contributed by atoms with E-state index in [9.17, 15) is 25.5 Å². The average Bonchev–Trinajstić information content (AvgIpc) is 2.66. The summed E-state index contributed by atoms with van der Waals surface area (Å²) in [6, 6.07) is 17.0. The summed E-state index contributed by atoms with van der Waals surface area (Å²) in [6.07, 6.45) is -0.342. The van der Waals surface area contributed by atoms with Crippen molar-refractivity contribution in [3.05, 3.63) is 77.4 Å². The van der Waals surface area contributed by atoms with E-state index in [0.717, 1.165) is 5.56 Å². The summed E-state index contributed by atoms with van der Waals surface area (Å²) in [5.74, 6) is -0.981. The van der Waals surface area contributed by atoms with Crippen LogP contribution in [-0.2, 0) is 6.42 Å². The SMILES string of the molecule is Oc1cc(O)c2c(c1)S[C@H](c1ccc(O)c(O)c1)[C@@H](O)C2Cc1ccccc1. The Bertz CT molecular complexity index is 1010. The summed E-state index contributed by atoms with van der Waals surface area (Å²) in [5.41, 5.74) is 2.28. The summed E-state index contributed by atoms with van der Waals surface area (Å²) >= 11 is 1.31. The van der Waals surface area contributed by atoms with Gasteiger partial charge in [-0.1, -0.05) is 36.4 Å². The van der Waals surface area contributed by atoms with Gasteiger partial charge in [-0.25, -0.2) is 0 Å². The Morgan fingerprint density at radius 3 is 2.25 bits per heavy atom. The third-order valence-corrected chi connectivity index (χ3v) is 6.48. The van der Waals surface area contributed by atoms with Crippen molar-refractivity contribution in [1.82, 2.24) is 0 Å². The summed E-state index contributed by atoms with van der Waals surface area (Å²) < 4.78 is 0. The smallest absolute Gasteiger partial charge is 0.157 e. The third kappa shape index (κ3) is 3.37. The third-order valence-electron chi connectivity index (χ3n) is 5.08. The van der Waals surface area contributed by atoms with E-state index in [-0.39, 0.29) is 23.0 Å². The highest BCUT2D eigenvalue weighted by Crippen LogP contribution is 2.54. The fourth-order valence-corrected chi connectivity index (χ4v) is 5.19. The van der Waals surface area contributed by atoms with Crippen LogP contribution in [0.4, 0.5) is 0 Å². The summed E-state index contributed by atoms with van der Waals surface area (Å²) in [6.45, 7) is 0. The zero-order chi connectivity index (χ0) is 19.8. The zero-order valence-electron chi connectivity index (χ0n) is 14.9. The van der Waals surface area contributed by atoms with Crippen molar-refractivity contribution < 1.29 is 25.5 Å². The van der Waals surface area contributed by atoms with Crippen molar-refractivity contribution in [2.75, 3.05) is 0 Å². The summed E-state index contributed by atoms with van der Waals surface area (Å²) in [5, 5.41) is 50.7. The van der Waals surface area contributed by atoms with Crippen LogP contribution in [0.1, 0.15) is 27.9 Å². The second-order valence-corrected chi connectivity index (χ2v) is 8.13. The molecule has 0 amide bonds. The molecular formula is C22H20O5S. The predicted octanol–water partition coefficient (Wildman–Crippen LogP) is 4.04. The Morgan fingerprint density at radius 2 is 1.54 bits per heavy atom. The molecule has 0 aromatic heterocycles. The molecule has 1 heterocycles. The van der Waals surface area contributed by atoms with Gasteiger partial charge in [0.15, 0.2) is 11.5 Å². The molecule has 1 aliphatic heterocycles. The average molecular weight is 396 g/mol. The molecule has 0 bridgehead atoms. The second-order valence-electron chi connectivity index (χ2n) is 6.95. The zero-order valence-corrected chi connectivity index (χ0v) is 15.7. The Balaban J connectivity index is 1.80. The van der Waals surface area contributed by atoms with Crippen LogP contribution in [0.15, 0.2) is 65.6 Å². The number of aliphatic hydroxyl groups is 1. The van der Waals surface area contributed by atoms with E-state index in [1.54, 1.807) is 12.1 Å². The maximum atomic E-state index is 11.2. The van der Waals surface area contributed by atoms with Gasteiger partial charge >= 0.3 is 0 Å². The second kappa shape index (κ2) is 7.30. The molecule has 0 saturated heterocycles. The lowest BCUT2D eigenvalue weighted by atomic mass is 9.83. The van der Waals surface area contributed by atoms with Crippen LogP contribution in [0.2, 0.25) is 0 Å². The van der Waals surface area contributed by atoms with E-state index in [1.807, 2.05) is 30.3 Å². The van der Waals surface area contributed by atoms with Crippen LogP contribution in [0.5, 0.6) is 23.0 Å². The topological polar surface area (TPSA) is 101 Å². The number of hydrogen-bond donors (Lipinski definition) is 5. The molecular weight excluding hydrogens is 376 g/mol. The molecule has 1 unspecified atom stereocenters. The first kappa shape index (κ1) is 18.5. The van der Waals surface area contributed by atoms with E-state index in [4.69, 9.17) is 0 Å². The van der Waals surface area contributed by atoms with Gasteiger partial charge in [-0.05, 0) is 35.7 Å². The van der Waals surface area contributed by atoms with Gasteiger partial charge in [-0.3, -0.25) is 0 Å². The highest BCUT2D eigenvalue weighted by molar-refractivity contribution is 7.99. The van der Waals surface area contributed by atoms with Gasteiger partial charge in [0.1, 0.15) is 11.5 Å². The molecule has 0 fully saturated rings. The molecule has 3 aromatic rings. The minimum atomic E-state index is -0.850. The van der Waals surface area contributed by atoms with E-state index in [0.29, 0.717) is 22.4 Å². The first-order valence-electron chi connectivity index (χ1n) is 8.90. The Morgan fingerprint density at radius 1 is 0.786 bits per heavy atom. The standard InChI is InChI=1S/C22H20O5S/c23-14-10-18(26)20-15(8-12-4-2-1-3-5-12)21(27)22(28-19(20)11-14)13-6-7-16(24)17(25)9-13/h1-7,9-11,15,21-27H,8H2/t15?,21-,22+/m0/s1. The number of phenols is 4. The maximum Gasteiger partial charge on any atom is 0.157 e. The van der Waals surface area contributed by atoms with Gasteiger partial charge in [0.05, 0.1) is 11.4 Å². The number of aliphatic hydroxyl groups excluding tert-OH is 1. The minimum Gasteiger partial charge on any atom is -0.508 e. The van der Waals surface area contributed by atoms with Gasteiger partial charge in [0.25, 0.3) is 0 Å². The van der Waals surface area contributed by atoms with E-state index in [2.05, 4.69) is 0 Å². The fraction of sp³-hybridized carbons (Fsp3) is 0.182. The number of fused-ring (bicyclic) bond motifs is 1. The van der Waals surface area contributed by atoms with Crippen LogP contribution >= 0.6 is 11.8 Å². The van der Waals surface area contributed by atoms with Crippen LogP contribution in [-0.4, -0.2) is 31.6 Å². The maximum absolute atomic E-state index is 11.2. The number of hydrogen-bond acceptors (Lipinski definition) is 6. The van der Waals surface area contributed by atoms with Crippen molar-refractivity contribution in [3.63, 3.8) is 0 Å². The molecule has 0 saturated carbocycles. The van der Waals surface area contributed by atoms with Crippen molar-refractivity contribution in [2.45, 2.75) is 28.6 Å². The molecule has 1 aliphatic rings. The molecule has 0 spiro atoms. The van der Waals surface area contributed by atoms with E-state index in [1.165, 1.54) is 30.0 Å². The number of rotatable bonds is 3. The monoisotopic (exact) mass is 396 g/mol. The van der Waals surface area contributed by atoms with Crippen molar-refractivity contribution in [3.8, 4) is 23.0 Å². The lowest BCUT2D eigenvalue weighted by Crippen LogP contribution is -2.30. The number of phenolic OH excluding ortho intramolecular Hbond substituents is 4. The normalized spacial score (nSPS) is 21.2. The van der Waals surface area contributed by atoms with Gasteiger partial charge in [0.2, 0.25) is 0 Å². The number of benzene rings is 3. The minimum absolute atomic E-state index is 0.0468. The molecule has 4 rings (SSSR count). The van der Waals surface area contributed by atoms with Crippen LogP contribution < -0.4 is 0 Å². The highest BCUT2D eigenvalue weighted by atomic mass is 32.2. The molecule has 6 heteroatoms. The molecule has 5 N–H and O–H groups in total. The van der Waals surface area contributed by atoms with Crippen LogP contribution in [0.3, 0.4) is 0 Å². The Hall–Kier alpha value is -2.83. The van der Waals surface area contributed by atoms with Crippen molar-refractivity contribution in [2.24, 2.45) is 0 Å². The predicted molar refractivity (Wildman–Crippen MR) is 107 cm³/mol. The van der Waals surface area contributed by atoms with E-state index < -0.39 is 17.3 Å². The van der Waals surface area contributed by atoms with Gasteiger partial charge in [-0.15, -0.1) is 11.8 Å². The molecule has 3 atom stereocenters. The molecule has 5 nitrogen and oxygen atoms in total. The first-order valence-corrected chi connectivity index (χ1v) is 9.78. The van der Waals surface area contributed by atoms with E-state index >= 15 is 0 Å². The lowest BCUT2D eigenvalue weighted by molar-refractivity contribution is 0.133. The summed E-state index contributed by atoms with van der Waals surface area (Å²) in [7, 11) is 0. The first-order chi connectivity index (χ1) is 13.4. The molecule has 0 radical (unpaired) electrons. The Labute approximate surface area is 166 Å². The van der Waals surface area contributed by atoms with Crippen molar-refractivity contribution >= 4 is 11.8 Å². The van der Waals surface area contributed by atoms with Crippen LogP contribution in [0, 0.1) is 0 Å². The van der Waals surface area contributed by atoms with Gasteiger partial charge in [-0.2, -0.15) is 0 Å². The number of aromatic hydroxyl groups is 4. The quantitative estimate of drug-likeness (QED) is 0.428. The molecule has 3 aromatic carbocycles. The van der Waals surface area contributed by atoms with Crippen LogP contribution in [0.25, 0.3) is 0 Å².